The van der Waals surface area contributed by atoms with Gasteiger partial charge in [-0.05, 0) is 30.5 Å². The Bertz CT molecular complexity index is 588. The van der Waals surface area contributed by atoms with Crippen LogP contribution in [0.4, 0.5) is 10.1 Å². The third-order valence-corrected chi connectivity index (χ3v) is 2.77. The number of benzene rings is 1. The summed E-state index contributed by atoms with van der Waals surface area (Å²) in [6, 6.07) is 3.20. The van der Waals surface area contributed by atoms with Crippen LogP contribution in [0.25, 0.3) is 15.7 Å². The molecule has 1 heterocycles. The first-order chi connectivity index (χ1) is 7.54. The summed E-state index contributed by atoms with van der Waals surface area (Å²) in [5.41, 5.74) is 2.87. The molecule has 82 valence electrons. The molecule has 2 aromatic rings. The molecule has 0 unspecified atom stereocenters. The zero-order valence-electron chi connectivity index (χ0n) is 9.56. The second-order valence-corrected chi connectivity index (χ2v) is 4.30. The highest BCUT2D eigenvalue weighted by atomic mass is 19.1. The van der Waals surface area contributed by atoms with E-state index in [0.29, 0.717) is 16.6 Å². The summed E-state index contributed by atoms with van der Waals surface area (Å²) >= 11 is 0. The van der Waals surface area contributed by atoms with E-state index in [2.05, 4.69) is 9.83 Å². The minimum atomic E-state index is -0.258. The maximum absolute atomic E-state index is 13.5. The molecule has 16 heavy (non-hydrogen) atoms. The van der Waals surface area contributed by atoms with Crippen LogP contribution >= 0.6 is 0 Å². The van der Waals surface area contributed by atoms with E-state index in [1.807, 2.05) is 13.8 Å². The van der Waals surface area contributed by atoms with Gasteiger partial charge in [0.05, 0.1) is 6.57 Å². The van der Waals surface area contributed by atoms with Gasteiger partial charge in [-0.2, -0.15) is 0 Å². The van der Waals surface area contributed by atoms with E-state index in [1.54, 1.807) is 13.0 Å². The van der Waals surface area contributed by atoms with E-state index in [4.69, 9.17) is 6.57 Å². The van der Waals surface area contributed by atoms with E-state index in [1.165, 1.54) is 6.07 Å². The Hall–Kier alpha value is -1.82. The van der Waals surface area contributed by atoms with E-state index in [9.17, 15) is 4.39 Å². The molecule has 0 spiro atoms. The minimum absolute atomic E-state index is 0.236. The summed E-state index contributed by atoms with van der Waals surface area (Å²) in [4.78, 5) is 6.70. The lowest BCUT2D eigenvalue weighted by molar-refractivity contribution is 0.620. The smallest absolute Gasteiger partial charge is 0.215 e. The molecule has 0 saturated carbocycles. The Balaban J connectivity index is 2.84. The van der Waals surface area contributed by atoms with Crippen molar-refractivity contribution in [3.05, 3.63) is 40.6 Å². The fourth-order valence-electron chi connectivity index (χ4n) is 1.87. The fourth-order valence-corrected chi connectivity index (χ4v) is 1.87. The molecule has 1 aromatic heterocycles. The van der Waals surface area contributed by atoms with E-state index >= 15 is 0 Å². The zero-order valence-corrected chi connectivity index (χ0v) is 9.56. The first-order valence-corrected chi connectivity index (χ1v) is 5.23. The predicted octanol–water partition coefficient (Wildman–Crippen LogP) is 4.29. The summed E-state index contributed by atoms with van der Waals surface area (Å²) < 4.78 is 13.5. The Labute approximate surface area is 93.9 Å². The molecule has 1 N–H and O–H groups in total. The zero-order chi connectivity index (χ0) is 11.9. The predicted molar refractivity (Wildman–Crippen MR) is 63.3 cm³/mol. The minimum Gasteiger partial charge on any atom is -0.369 e. The monoisotopic (exact) mass is 216 g/mol. The van der Waals surface area contributed by atoms with Crippen LogP contribution in [0, 0.1) is 19.3 Å². The van der Waals surface area contributed by atoms with Gasteiger partial charge >= 0.3 is 0 Å². The number of aryl methyl sites for hydroxylation is 1. The van der Waals surface area contributed by atoms with Gasteiger partial charge in [0.25, 0.3) is 0 Å². The average molecular weight is 216 g/mol. The topological polar surface area (TPSA) is 20.1 Å². The van der Waals surface area contributed by atoms with Gasteiger partial charge in [-0.1, -0.05) is 13.8 Å². The number of aromatic amines is 1. The molecule has 2 nitrogen and oxygen atoms in total. The molecule has 0 amide bonds. The summed E-state index contributed by atoms with van der Waals surface area (Å²) in [5.74, 6) is -0.0217. The number of nitrogens with one attached hydrogen (secondary N) is 1. The molecule has 3 heteroatoms. The highest BCUT2D eigenvalue weighted by Gasteiger charge is 2.15. The van der Waals surface area contributed by atoms with Crippen LogP contribution in [0.3, 0.4) is 0 Å². The second kappa shape index (κ2) is 3.64. The molecule has 0 radical (unpaired) electrons. The summed E-state index contributed by atoms with van der Waals surface area (Å²) in [6.07, 6.45) is 0. The number of aromatic nitrogens is 1. The van der Waals surface area contributed by atoms with Gasteiger partial charge in [0.1, 0.15) is 5.82 Å². The van der Waals surface area contributed by atoms with Crippen LogP contribution in [0.5, 0.6) is 0 Å². The molecule has 0 saturated heterocycles. The van der Waals surface area contributed by atoms with Gasteiger partial charge in [-0.25, -0.2) is 9.24 Å². The second-order valence-electron chi connectivity index (χ2n) is 4.30. The lowest BCUT2D eigenvalue weighted by atomic mass is 10.1. The van der Waals surface area contributed by atoms with Crippen molar-refractivity contribution < 1.29 is 4.39 Å². The number of fused-ring (bicyclic) bond motifs is 1. The summed E-state index contributed by atoms with van der Waals surface area (Å²) in [6.45, 7) is 12.9. The molecular weight excluding hydrogens is 203 g/mol. The number of hydrogen-bond donors (Lipinski definition) is 1. The lowest BCUT2D eigenvalue weighted by Gasteiger charge is -2.00. The first-order valence-electron chi connectivity index (χ1n) is 5.23. The SMILES string of the molecule is [C-]#[N+]c1c(C(C)C)[nH]c2cc(C)c(F)cc12. The Morgan fingerprint density at radius 2 is 2.06 bits per heavy atom. The van der Waals surface area contributed by atoms with Gasteiger partial charge in [0, 0.05) is 16.6 Å². The quantitative estimate of drug-likeness (QED) is 0.686. The summed E-state index contributed by atoms with van der Waals surface area (Å²) in [7, 11) is 0. The number of nitrogens with zero attached hydrogens (tertiary/aromatic N) is 1. The highest BCUT2D eigenvalue weighted by Crippen LogP contribution is 2.35. The van der Waals surface area contributed by atoms with Crippen LogP contribution < -0.4 is 0 Å². The van der Waals surface area contributed by atoms with Crippen LogP contribution in [-0.2, 0) is 0 Å². The number of hydrogen-bond acceptors (Lipinski definition) is 0. The van der Waals surface area contributed by atoms with E-state index in [0.717, 1.165) is 11.2 Å². The standard InChI is InChI=1S/C13H13FN2/c1-7(2)12-13(15-4)9-6-10(14)8(3)5-11(9)16-12/h5-7,16H,1-3H3. The summed E-state index contributed by atoms with van der Waals surface area (Å²) in [5, 5.41) is 0.682. The van der Waals surface area contributed by atoms with Crippen molar-refractivity contribution in [1.82, 2.24) is 4.98 Å². The van der Waals surface area contributed by atoms with Crippen molar-refractivity contribution in [3.63, 3.8) is 0 Å². The van der Waals surface area contributed by atoms with Crippen LogP contribution in [-0.4, -0.2) is 4.98 Å². The Kier molecular flexibility index (Phi) is 2.43. The average Bonchev–Trinajstić information content (AvgIpc) is 2.57. The molecule has 0 aliphatic carbocycles. The molecule has 2 rings (SSSR count). The first kappa shape index (κ1) is 10.7. The normalized spacial score (nSPS) is 11.0. The molecular formula is C13H13FN2. The molecule has 1 aromatic carbocycles. The van der Waals surface area contributed by atoms with Crippen molar-refractivity contribution >= 4 is 16.6 Å². The lowest BCUT2D eigenvalue weighted by Crippen LogP contribution is -1.85. The largest absolute Gasteiger partial charge is 0.369 e. The van der Waals surface area contributed by atoms with Crippen molar-refractivity contribution in [2.45, 2.75) is 26.7 Å². The van der Waals surface area contributed by atoms with Crippen molar-refractivity contribution in [1.29, 1.82) is 0 Å². The molecule has 0 atom stereocenters. The third-order valence-electron chi connectivity index (χ3n) is 2.77. The maximum atomic E-state index is 13.5. The van der Waals surface area contributed by atoms with Crippen LogP contribution in [0.2, 0.25) is 0 Å². The number of H-pyrrole nitrogens is 1. The van der Waals surface area contributed by atoms with E-state index in [-0.39, 0.29) is 11.7 Å². The number of halogens is 1. The van der Waals surface area contributed by atoms with Gasteiger partial charge in [0.15, 0.2) is 0 Å². The van der Waals surface area contributed by atoms with Gasteiger partial charge < -0.3 is 4.98 Å². The Morgan fingerprint density at radius 1 is 1.38 bits per heavy atom. The van der Waals surface area contributed by atoms with Gasteiger partial charge in [-0.15, -0.1) is 0 Å². The van der Waals surface area contributed by atoms with Gasteiger partial charge in [-0.3, -0.25) is 0 Å². The maximum Gasteiger partial charge on any atom is 0.215 e. The van der Waals surface area contributed by atoms with Crippen LogP contribution in [0.15, 0.2) is 12.1 Å². The molecule has 0 bridgehead atoms. The fraction of sp³-hybridized carbons (Fsp3) is 0.308. The molecule has 0 aliphatic heterocycles. The van der Waals surface area contributed by atoms with Crippen molar-refractivity contribution in [2.75, 3.05) is 0 Å². The van der Waals surface area contributed by atoms with Crippen molar-refractivity contribution in [3.8, 4) is 0 Å². The highest BCUT2D eigenvalue weighted by molar-refractivity contribution is 5.95. The van der Waals surface area contributed by atoms with Crippen LogP contribution in [0.1, 0.15) is 31.0 Å². The van der Waals surface area contributed by atoms with E-state index < -0.39 is 0 Å². The molecule has 0 aliphatic rings. The van der Waals surface area contributed by atoms with Gasteiger partial charge in [0.2, 0.25) is 5.69 Å². The third kappa shape index (κ3) is 1.47. The Morgan fingerprint density at radius 3 is 2.62 bits per heavy atom. The number of rotatable bonds is 1. The van der Waals surface area contributed by atoms with Crippen molar-refractivity contribution in [2.24, 2.45) is 0 Å². The molecule has 0 fully saturated rings.